The van der Waals surface area contributed by atoms with Gasteiger partial charge in [-0.05, 0) is 35.3 Å². The molecule has 0 aliphatic carbocycles. The van der Waals surface area contributed by atoms with Crippen LogP contribution in [0, 0.1) is 0 Å². The maximum absolute atomic E-state index is 10.6. The molecule has 0 aliphatic heterocycles. The van der Waals surface area contributed by atoms with Crippen LogP contribution in [-0.4, -0.2) is 5.11 Å². The topological polar surface area (TPSA) is 46.2 Å². The largest absolute Gasteiger partial charge is 0.505 e. The number of anilines is 1. The van der Waals surface area contributed by atoms with Gasteiger partial charge in [0.2, 0.25) is 0 Å². The Bertz CT molecular complexity index is 517. The van der Waals surface area contributed by atoms with Crippen molar-refractivity contribution in [3.05, 3.63) is 23.3 Å². The number of hydrogen-bond acceptors (Lipinski definition) is 2. The van der Waals surface area contributed by atoms with Crippen molar-refractivity contribution in [3.63, 3.8) is 0 Å². The summed E-state index contributed by atoms with van der Waals surface area (Å²) in [5.74, 6) is 0.282. The highest BCUT2D eigenvalue weighted by Crippen LogP contribution is 2.42. The number of phenolic OH excluding ortho intramolecular Hbond substituents is 1. The van der Waals surface area contributed by atoms with Gasteiger partial charge in [-0.25, -0.2) is 0 Å². The fourth-order valence-corrected chi connectivity index (χ4v) is 3.48. The zero-order valence-corrected chi connectivity index (χ0v) is 16.8. The number of hydrogen-bond donors (Lipinski definition) is 2. The van der Waals surface area contributed by atoms with Crippen molar-refractivity contribution in [2.24, 2.45) is 0 Å². The molecule has 1 rings (SSSR count). The molecule has 0 amide bonds. The first-order chi connectivity index (χ1) is 11.2. The van der Waals surface area contributed by atoms with E-state index < -0.39 is 0 Å². The van der Waals surface area contributed by atoms with Gasteiger partial charge >= 0.3 is 0 Å². The Morgan fingerprint density at radius 3 is 1.83 bits per heavy atom. The molecule has 2 heteroatoms. The van der Waals surface area contributed by atoms with Crippen LogP contribution in [0.1, 0.15) is 104 Å². The van der Waals surface area contributed by atoms with Gasteiger partial charge in [0.1, 0.15) is 5.75 Å². The number of nitrogen functional groups attached to an aromatic ring is 1. The van der Waals surface area contributed by atoms with Crippen LogP contribution in [-0.2, 0) is 10.8 Å². The van der Waals surface area contributed by atoms with Crippen LogP contribution >= 0.6 is 0 Å². The lowest BCUT2D eigenvalue weighted by atomic mass is 9.74. The van der Waals surface area contributed by atoms with Crippen LogP contribution in [0.4, 0.5) is 5.69 Å². The first-order valence-electron chi connectivity index (χ1n) is 9.79. The molecule has 138 valence electrons. The Balaban J connectivity index is 3.12. The lowest BCUT2D eigenvalue weighted by Crippen LogP contribution is -2.22. The molecule has 1 aromatic rings. The second-order valence-corrected chi connectivity index (χ2v) is 8.64. The standard InChI is InChI=1S/C22H39NO/c1-7-9-11-13-21(3,4)17-15-18(20(24)19(23)16-17)22(5,6)14-12-10-8-2/h15-16,24H,7-14,23H2,1-6H3. The summed E-state index contributed by atoms with van der Waals surface area (Å²) in [6, 6.07) is 4.19. The lowest BCUT2D eigenvalue weighted by Gasteiger charge is -2.31. The van der Waals surface area contributed by atoms with Crippen molar-refractivity contribution in [2.75, 3.05) is 5.73 Å². The summed E-state index contributed by atoms with van der Waals surface area (Å²) in [4.78, 5) is 0. The molecule has 0 aliphatic rings. The van der Waals surface area contributed by atoms with Gasteiger partial charge < -0.3 is 10.8 Å². The van der Waals surface area contributed by atoms with E-state index in [1.807, 2.05) is 6.07 Å². The molecule has 0 atom stereocenters. The average molecular weight is 334 g/mol. The summed E-state index contributed by atoms with van der Waals surface area (Å²) in [6.07, 6.45) is 9.62. The van der Waals surface area contributed by atoms with Crippen LogP contribution in [0.3, 0.4) is 0 Å². The van der Waals surface area contributed by atoms with Gasteiger partial charge in [-0.2, -0.15) is 0 Å². The quantitative estimate of drug-likeness (QED) is 0.284. The SMILES string of the molecule is CCCCCC(C)(C)c1cc(N)c(O)c(C(C)(C)CCCCC)c1. The highest BCUT2D eigenvalue weighted by Gasteiger charge is 2.28. The minimum Gasteiger partial charge on any atom is -0.505 e. The predicted octanol–water partition coefficient (Wildman–Crippen LogP) is 6.69. The highest BCUT2D eigenvalue weighted by molar-refractivity contribution is 5.61. The number of rotatable bonds is 10. The van der Waals surface area contributed by atoms with Crippen molar-refractivity contribution in [3.8, 4) is 5.75 Å². The van der Waals surface area contributed by atoms with Gasteiger partial charge in [-0.1, -0.05) is 86.1 Å². The van der Waals surface area contributed by atoms with Crippen molar-refractivity contribution < 1.29 is 5.11 Å². The summed E-state index contributed by atoms with van der Waals surface area (Å²) >= 11 is 0. The zero-order valence-electron chi connectivity index (χ0n) is 16.8. The van der Waals surface area contributed by atoms with Crippen LogP contribution in [0.15, 0.2) is 12.1 Å². The molecule has 0 saturated carbocycles. The molecule has 0 aromatic heterocycles. The molecule has 1 aromatic carbocycles. The highest BCUT2D eigenvalue weighted by atomic mass is 16.3. The van der Waals surface area contributed by atoms with E-state index in [1.165, 1.54) is 44.1 Å². The smallest absolute Gasteiger partial charge is 0.142 e. The van der Waals surface area contributed by atoms with E-state index in [0.29, 0.717) is 5.69 Å². The summed E-state index contributed by atoms with van der Waals surface area (Å²) in [5, 5.41) is 10.6. The van der Waals surface area contributed by atoms with Gasteiger partial charge in [0.25, 0.3) is 0 Å². The minimum absolute atomic E-state index is 0.0527. The van der Waals surface area contributed by atoms with E-state index in [-0.39, 0.29) is 16.6 Å². The summed E-state index contributed by atoms with van der Waals surface area (Å²) in [5.41, 5.74) is 9.00. The fraction of sp³-hybridized carbons (Fsp3) is 0.727. The van der Waals surface area contributed by atoms with Crippen molar-refractivity contribution >= 4 is 5.69 Å². The third-order valence-corrected chi connectivity index (χ3v) is 5.46. The summed E-state index contributed by atoms with van der Waals surface area (Å²) in [6.45, 7) is 13.5. The molecule has 0 saturated heterocycles. The normalized spacial score (nSPS) is 12.6. The fourth-order valence-electron chi connectivity index (χ4n) is 3.48. The third-order valence-electron chi connectivity index (χ3n) is 5.46. The number of benzene rings is 1. The zero-order chi connectivity index (χ0) is 18.4. The van der Waals surface area contributed by atoms with E-state index in [2.05, 4.69) is 47.6 Å². The van der Waals surface area contributed by atoms with Gasteiger partial charge in [-0.15, -0.1) is 0 Å². The Labute approximate surface area is 149 Å². The Kier molecular flexibility index (Phi) is 7.63. The van der Waals surface area contributed by atoms with Gasteiger partial charge in [0.15, 0.2) is 0 Å². The average Bonchev–Trinajstić information content (AvgIpc) is 2.49. The van der Waals surface area contributed by atoms with Crippen LogP contribution in [0.5, 0.6) is 5.75 Å². The monoisotopic (exact) mass is 333 g/mol. The Hall–Kier alpha value is -1.18. The van der Waals surface area contributed by atoms with E-state index in [4.69, 9.17) is 5.73 Å². The molecular weight excluding hydrogens is 294 g/mol. The maximum Gasteiger partial charge on any atom is 0.142 e. The summed E-state index contributed by atoms with van der Waals surface area (Å²) < 4.78 is 0. The van der Waals surface area contributed by atoms with Crippen LogP contribution in [0.25, 0.3) is 0 Å². The minimum atomic E-state index is -0.0527. The molecule has 0 spiro atoms. The first-order valence-corrected chi connectivity index (χ1v) is 9.79. The lowest BCUT2D eigenvalue weighted by molar-refractivity contribution is 0.404. The molecular formula is C22H39NO. The Morgan fingerprint density at radius 2 is 1.33 bits per heavy atom. The molecule has 0 unspecified atom stereocenters. The van der Waals surface area contributed by atoms with Gasteiger partial charge in [-0.3, -0.25) is 0 Å². The molecule has 3 N–H and O–H groups in total. The van der Waals surface area contributed by atoms with Crippen LogP contribution < -0.4 is 5.73 Å². The predicted molar refractivity (Wildman–Crippen MR) is 107 cm³/mol. The maximum atomic E-state index is 10.6. The summed E-state index contributed by atoms with van der Waals surface area (Å²) in [7, 11) is 0. The molecule has 0 bridgehead atoms. The van der Waals surface area contributed by atoms with Crippen molar-refractivity contribution in [2.45, 2.75) is 104 Å². The second-order valence-electron chi connectivity index (χ2n) is 8.64. The van der Waals surface area contributed by atoms with E-state index >= 15 is 0 Å². The van der Waals surface area contributed by atoms with E-state index in [1.54, 1.807) is 0 Å². The van der Waals surface area contributed by atoms with E-state index in [9.17, 15) is 5.11 Å². The second kappa shape index (κ2) is 8.78. The van der Waals surface area contributed by atoms with Crippen LogP contribution in [0.2, 0.25) is 0 Å². The van der Waals surface area contributed by atoms with Crippen molar-refractivity contribution in [1.82, 2.24) is 0 Å². The number of unbranched alkanes of at least 4 members (excludes halogenated alkanes) is 4. The number of nitrogens with two attached hydrogens (primary N) is 1. The molecule has 24 heavy (non-hydrogen) atoms. The van der Waals surface area contributed by atoms with Crippen molar-refractivity contribution in [1.29, 1.82) is 0 Å². The first kappa shape index (κ1) is 20.9. The Morgan fingerprint density at radius 1 is 0.833 bits per heavy atom. The third kappa shape index (κ3) is 5.43. The molecule has 2 nitrogen and oxygen atoms in total. The van der Waals surface area contributed by atoms with Gasteiger partial charge in [0, 0.05) is 5.56 Å². The number of phenols is 1. The van der Waals surface area contributed by atoms with Gasteiger partial charge in [0.05, 0.1) is 5.69 Å². The molecule has 0 fully saturated rings. The number of aromatic hydroxyl groups is 1. The molecule has 0 heterocycles. The molecule has 0 radical (unpaired) electrons. The van der Waals surface area contributed by atoms with E-state index in [0.717, 1.165) is 18.4 Å².